The Hall–Kier alpha value is -1.75. The summed E-state index contributed by atoms with van der Waals surface area (Å²) in [5, 5.41) is 0. The third-order valence-corrected chi connectivity index (χ3v) is 3.56. The molecule has 2 rings (SSSR count). The fourth-order valence-electron chi connectivity index (χ4n) is 2.60. The number of ether oxygens (including phenoxy) is 1. The smallest absolute Gasteiger partial charge is 0.250 e. The molecule has 0 spiro atoms. The topological polar surface area (TPSA) is 81.6 Å². The van der Waals surface area contributed by atoms with Crippen LogP contribution in [0.3, 0.4) is 0 Å². The number of primary amides is 1. The maximum absolute atomic E-state index is 11.6. The van der Waals surface area contributed by atoms with E-state index in [0.29, 0.717) is 11.3 Å². The zero-order chi connectivity index (χ0) is 14.5. The van der Waals surface area contributed by atoms with Crippen molar-refractivity contribution in [2.75, 3.05) is 30.3 Å². The van der Waals surface area contributed by atoms with Gasteiger partial charge in [-0.15, -0.1) is 0 Å². The molecule has 1 aliphatic rings. The number of amides is 1. The van der Waals surface area contributed by atoms with Gasteiger partial charge in [0.05, 0.1) is 11.7 Å². The van der Waals surface area contributed by atoms with E-state index in [0.717, 1.165) is 44.6 Å². The van der Waals surface area contributed by atoms with Gasteiger partial charge in [-0.1, -0.05) is 6.92 Å². The molecule has 1 saturated heterocycles. The van der Waals surface area contributed by atoms with Gasteiger partial charge < -0.3 is 21.1 Å². The van der Waals surface area contributed by atoms with Crippen molar-refractivity contribution in [1.82, 2.24) is 0 Å². The van der Waals surface area contributed by atoms with Crippen LogP contribution in [0.4, 0.5) is 11.4 Å². The molecule has 0 bridgehead atoms. The number of carbonyl (C=O) groups excluding carboxylic acids is 1. The van der Waals surface area contributed by atoms with E-state index in [1.54, 1.807) is 12.1 Å². The number of nitrogens with two attached hydrogens (primary N) is 2. The van der Waals surface area contributed by atoms with Gasteiger partial charge in [-0.3, -0.25) is 4.79 Å². The Morgan fingerprint density at radius 1 is 1.50 bits per heavy atom. The van der Waals surface area contributed by atoms with Gasteiger partial charge in [0.1, 0.15) is 0 Å². The molecular weight excluding hydrogens is 254 g/mol. The fraction of sp³-hybridized carbons (Fsp3) is 0.533. The minimum atomic E-state index is -0.441. The Bertz CT molecular complexity index is 476. The summed E-state index contributed by atoms with van der Waals surface area (Å²) in [6.45, 7) is 4.59. The third kappa shape index (κ3) is 3.42. The van der Waals surface area contributed by atoms with Crippen molar-refractivity contribution >= 4 is 17.3 Å². The van der Waals surface area contributed by atoms with Crippen LogP contribution in [-0.4, -0.2) is 31.7 Å². The SMILES string of the molecule is CCCOC1CCCN(c2ccc(N)cc2C(N)=O)C1. The molecular formula is C15H23N3O2. The van der Waals surface area contributed by atoms with Crippen molar-refractivity contribution in [2.45, 2.75) is 32.3 Å². The first kappa shape index (κ1) is 14.7. The molecule has 0 aromatic heterocycles. The number of anilines is 2. The van der Waals surface area contributed by atoms with Crippen LogP contribution < -0.4 is 16.4 Å². The van der Waals surface area contributed by atoms with Crippen molar-refractivity contribution in [1.29, 1.82) is 0 Å². The normalized spacial score (nSPS) is 19.1. The lowest BCUT2D eigenvalue weighted by atomic mass is 10.0. The van der Waals surface area contributed by atoms with Gasteiger partial charge in [-0.25, -0.2) is 0 Å². The van der Waals surface area contributed by atoms with E-state index in [4.69, 9.17) is 16.2 Å². The number of piperidine rings is 1. The van der Waals surface area contributed by atoms with Gasteiger partial charge in [0.15, 0.2) is 0 Å². The predicted molar refractivity (Wildman–Crippen MR) is 80.9 cm³/mol. The number of nitrogens with zero attached hydrogens (tertiary/aromatic N) is 1. The van der Waals surface area contributed by atoms with E-state index in [-0.39, 0.29) is 6.10 Å². The molecule has 5 nitrogen and oxygen atoms in total. The summed E-state index contributed by atoms with van der Waals surface area (Å²) >= 11 is 0. The molecule has 20 heavy (non-hydrogen) atoms. The molecule has 110 valence electrons. The van der Waals surface area contributed by atoms with Crippen LogP contribution in [0.1, 0.15) is 36.5 Å². The molecule has 0 saturated carbocycles. The second-order valence-electron chi connectivity index (χ2n) is 5.22. The van der Waals surface area contributed by atoms with E-state index < -0.39 is 5.91 Å². The molecule has 1 atom stereocenters. The summed E-state index contributed by atoms with van der Waals surface area (Å²) in [7, 11) is 0. The number of hydrogen-bond acceptors (Lipinski definition) is 4. The lowest BCUT2D eigenvalue weighted by Gasteiger charge is -2.35. The first-order valence-corrected chi connectivity index (χ1v) is 7.17. The zero-order valence-electron chi connectivity index (χ0n) is 12.0. The molecule has 4 N–H and O–H groups in total. The highest BCUT2D eigenvalue weighted by Gasteiger charge is 2.23. The van der Waals surface area contributed by atoms with Crippen molar-refractivity contribution in [3.8, 4) is 0 Å². The summed E-state index contributed by atoms with van der Waals surface area (Å²) in [6, 6.07) is 5.32. The molecule has 1 amide bonds. The third-order valence-electron chi connectivity index (χ3n) is 3.56. The fourth-order valence-corrected chi connectivity index (χ4v) is 2.60. The molecule has 0 aliphatic carbocycles. The minimum Gasteiger partial charge on any atom is -0.399 e. The second-order valence-corrected chi connectivity index (χ2v) is 5.22. The number of rotatable bonds is 5. The monoisotopic (exact) mass is 277 g/mol. The first-order valence-electron chi connectivity index (χ1n) is 7.17. The summed E-state index contributed by atoms with van der Waals surface area (Å²) in [6.07, 6.45) is 3.36. The molecule has 1 unspecified atom stereocenters. The maximum atomic E-state index is 11.6. The van der Waals surface area contributed by atoms with E-state index in [1.807, 2.05) is 6.07 Å². The largest absolute Gasteiger partial charge is 0.399 e. The van der Waals surface area contributed by atoms with E-state index in [2.05, 4.69) is 11.8 Å². The number of carbonyl (C=O) groups is 1. The van der Waals surface area contributed by atoms with Gasteiger partial charge >= 0.3 is 0 Å². The van der Waals surface area contributed by atoms with Crippen molar-refractivity contribution < 1.29 is 9.53 Å². The summed E-state index contributed by atoms with van der Waals surface area (Å²) in [4.78, 5) is 13.7. The van der Waals surface area contributed by atoms with Crippen molar-refractivity contribution in [3.63, 3.8) is 0 Å². The maximum Gasteiger partial charge on any atom is 0.250 e. The van der Waals surface area contributed by atoms with Gasteiger partial charge in [0.25, 0.3) is 5.91 Å². The van der Waals surface area contributed by atoms with Crippen LogP contribution in [0, 0.1) is 0 Å². The van der Waals surface area contributed by atoms with Gasteiger partial charge in [0.2, 0.25) is 0 Å². The Kier molecular flexibility index (Phi) is 4.84. The van der Waals surface area contributed by atoms with Crippen molar-refractivity contribution in [3.05, 3.63) is 23.8 Å². The summed E-state index contributed by atoms with van der Waals surface area (Å²) in [5.41, 5.74) is 13.1. The first-order chi connectivity index (χ1) is 9.61. The molecule has 1 aromatic rings. The van der Waals surface area contributed by atoms with Crippen LogP contribution in [0.2, 0.25) is 0 Å². The average Bonchev–Trinajstić information content (AvgIpc) is 2.45. The number of nitrogen functional groups attached to an aromatic ring is 1. The Morgan fingerprint density at radius 3 is 3.00 bits per heavy atom. The Balaban J connectivity index is 2.16. The van der Waals surface area contributed by atoms with Crippen LogP contribution in [-0.2, 0) is 4.74 Å². The van der Waals surface area contributed by atoms with Gasteiger partial charge in [-0.05, 0) is 37.5 Å². The number of hydrogen-bond donors (Lipinski definition) is 2. The molecule has 1 fully saturated rings. The number of benzene rings is 1. The Labute approximate surface area is 119 Å². The van der Waals surface area contributed by atoms with E-state index in [9.17, 15) is 4.79 Å². The van der Waals surface area contributed by atoms with E-state index in [1.165, 1.54) is 0 Å². The standard InChI is InChI=1S/C15H23N3O2/c1-2-8-20-12-4-3-7-18(10-12)14-6-5-11(16)9-13(14)15(17)19/h5-6,9,12H,2-4,7-8,10,16H2,1H3,(H2,17,19). The highest BCUT2D eigenvalue weighted by Crippen LogP contribution is 2.26. The van der Waals surface area contributed by atoms with Gasteiger partial charge in [0, 0.05) is 31.1 Å². The highest BCUT2D eigenvalue weighted by atomic mass is 16.5. The van der Waals surface area contributed by atoms with Crippen LogP contribution in [0.15, 0.2) is 18.2 Å². The molecule has 0 radical (unpaired) electrons. The van der Waals surface area contributed by atoms with Crippen molar-refractivity contribution in [2.24, 2.45) is 5.73 Å². The lowest BCUT2D eigenvalue weighted by molar-refractivity contribution is 0.0440. The second kappa shape index (κ2) is 6.61. The molecule has 5 heteroatoms. The van der Waals surface area contributed by atoms with Gasteiger partial charge in [-0.2, -0.15) is 0 Å². The van der Waals surface area contributed by atoms with Crippen LogP contribution in [0.25, 0.3) is 0 Å². The van der Waals surface area contributed by atoms with Crippen LogP contribution in [0.5, 0.6) is 0 Å². The molecule has 1 aromatic carbocycles. The highest BCUT2D eigenvalue weighted by molar-refractivity contribution is 5.99. The average molecular weight is 277 g/mol. The minimum absolute atomic E-state index is 0.224. The Morgan fingerprint density at radius 2 is 2.30 bits per heavy atom. The quantitative estimate of drug-likeness (QED) is 0.804. The summed E-state index contributed by atoms with van der Waals surface area (Å²) < 4.78 is 5.83. The van der Waals surface area contributed by atoms with E-state index >= 15 is 0 Å². The molecule has 1 heterocycles. The lowest BCUT2D eigenvalue weighted by Crippen LogP contribution is -2.40. The molecule has 1 aliphatic heterocycles. The van der Waals surface area contributed by atoms with Crippen LogP contribution >= 0.6 is 0 Å². The predicted octanol–water partition coefficient (Wildman–Crippen LogP) is 1.76. The summed E-state index contributed by atoms with van der Waals surface area (Å²) in [5.74, 6) is -0.441. The zero-order valence-corrected chi connectivity index (χ0v) is 12.0.